The molecule has 1 heterocycles. The topological polar surface area (TPSA) is 90.0 Å². The smallest absolute Gasteiger partial charge is 0.321 e. The molecule has 0 atom stereocenters. The van der Waals surface area contributed by atoms with Gasteiger partial charge in [-0.25, -0.2) is 17.6 Å². The maximum atomic E-state index is 13.6. The molecule has 2 aromatic carbocycles. The van der Waals surface area contributed by atoms with Crippen molar-refractivity contribution in [3.8, 4) is 0 Å². The second-order valence-electron chi connectivity index (χ2n) is 9.46. The van der Waals surface area contributed by atoms with E-state index in [9.17, 15) is 22.4 Å². The third kappa shape index (κ3) is 8.41. The molecule has 1 fully saturated rings. The molecule has 0 saturated carbocycles. The molecule has 1 saturated heterocycles. The van der Waals surface area contributed by atoms with Gasteiger partial charge in [0.2, 0.25) is 15.9 Å². The van der Waals surface area contributed by atoms with Crippen molar-refractivity contribution in [2.45, 2.75) is 52.1 Å². The lowest BCUT2D eigenvalue weighted by Gasteiger charge is -2.39. The molecular formula is C27H36ClFN4O4S. The van der Waals surface area contributed by atoms with E-state index < -0.39 is 10.0 Å². The van der Waals surface area contributed by atoms with E-state index in [2.05, 4.69) is 5.32 Å². The number of rotatable bonds is 11. The van der Waals surface area contributed by atoms with E-state index in [4.69, 9.17) is 11.6 Å². The number of carbonyl (C=O) groups is 2. The standard InChI is InChI=1S/C27H36ClFN4O4S/c1-3-14-32(38(36,37)17-4-2)20-26(34)33(19-21-8-10-23(29)11-9-21)25-12-15-31(16-13-25)27(35)30-24-7-5-6-22(28)18-24/h5-11,18,25H,3-4,12-17,19-20H2,1-2H3,(H,30,35). The Kier molecular flexibility index (Phi) is 10.9. The van der Waals surface area contributed by atoms with Gasteiger partial charge in [-0.1, -0.05) is 43.6 Å². The fourth-order valence-corrected chi connectivity index (χ4v) is 6.28. The molecule has 0 unspecified atom stereocenters. The number of hydrogen-bond acceptors (Lipinski definition) is 4. The van der Waals surface area contributed by atoms with E-state index >= 15 is 0 Å². The summed E-state index contributed by atoms with van der Waals surface area (Å²) in [6.45, 7) is 4.77. The third-order valence-corrected chi connectivity index (χ3v) is 8.75. The van der Waals surface area contributed by atoms with E-state index in [1.165, 1.54) is 16.4 Å². The fourth-order valence-electron chi connectivity index (χ4n) is 4.55. The molecular weight excluding hydrogens is 531 g/mol. The molecule has 1 N–H and O–H groups in total. The third-order valence-electron chi connectivity index (χ3n) is 6.49. The van der Waals surface area contributed by atoms with Crippen LogP contribution in [0.1, 0.15) is 45.1 Å². The zero-order valence-corrected chi connectivity index (χ0v) is 23.5. The van der Waals surface area contributed by atoms with Crippen molar-refractivity contribution in [3.63, 3.8) is 0 Å². The summed E-state index contributed by atoms with van der Waals surface area (Å²) in [7, 11) is -3.56. The summed E-state index contributed by atoms with van der Waals surface area (Å²) in [4.78, 5) is 29.7. The minimum Gasteiger partial charge on any atom is -0.334 e. The number of likely N-dealkylation sites (tertiary alicyclic amines) is 1. The summed E-state index contributed by atoms with van der Waals surface area (Å²) in [5.41, 5.74) is 1.35. The zero-order chi connectivity index (χ0) is 27.7. The first-order valence-corrected chi connectivity index (χ1v) is 14.9. The number of carbonyl (C=O) groups excluding carboxylic acids is 2. The van der Waals surface area contributed by atoms with E-state index in [-0.39, 0.29) is 49.2 Å². The maximum Gasteiger partial charge on any atom is 0.321 e. The summed E-state index contributed by atoms with van der Waals surface area (Å²) in [5.74, 6) is -0.687. The van der Waals surface area contributed by atoms with E-state index in [1.807, 2.05) is 6.92 Å². The van der Waals surface area contributed by atoms with Gasteiger partial charge in [0.25, 0.3) is 0 Å². The number of sulfonamides is 1. The molecule has 38 heavy (non-hydrogen) atoms. The van der Waals surface area contributed by atoms with Crippen LogP contribution in [0.2, 0.25) is 5.02 Å². The highest BCUT2D eigenvalue weighted by atomic mass is 35.5. The summed E-state index contributed by atoms with van der Waals surface area (Å²) in [6.07, 6.45) is 2.12. The number of nitrogens with zero attached hydrogens (tertiary/aromatic N) is 3. The lowest BCUT2D eigenvalue weighted by Crippen LogP contribution is -2.52. The van der Waals surface area contributed by atoms with E-state index in [1.54, 1.807) is 53.1 Å². The quantitative estimate of drug-likeness (QED) is 0.416. The highest BCUT2D eigenvalue weighted by molar-refractivity contribution is 7.89. The van der Waals surface area contributed by atoms with Crippen molar-refractivity contribution >= 4 is 39.2 Å². The number of hydrogen-bond donors (Lipinski definition) is 1. The Morgan fingerprint density at radius 3 is 2.37 bits per heavy atom. The summed E-state index contributed by atoms with van der Waals surface area (Å²) in [6, 6.07) is 12.4. The van der Waals surface area contributed by atoms with Crippen molar-refractivity contribution in [2.24, 2.45) is 0 Å². The molecule has 11 heteroatoms. The van der Waals surface area contributed by atoms with Crippen molar-refractivity contribution in [3.05, 3.63) is 64.9 Å². The molecule has 0 aromatic heterocycles. The monoisotopic (exact) mass is 566 g/mol. The first kappa shape index (κ1) is 29.9. The van der Waals surface area contributed by atoms with Gasteiger partial charge in [0.15, 0.2) is 0 Å². The van der Waals surface area contributed by atoms with Crippen molar-refractivity contribution < 1.29 is 22.4 Å². The van der Waals surface area contributed by atoms with Gasteiger partial charge in [0.1, 0.15) is 5.82 Å². The Bertz CT molecular complexity index is 1190. The van der Waals surface area contributed by atoms with Gasteiger partial charge in [-0.15, -0.1) is 0 Å². The van der Waals surface area contributed by atoms with Crippen LogP contribution in [-0.4, -0.2) is 72.4 Å². The van der Waals surface area contributed by atoms with Gasteiger partial charge in [-0.3, -0.25) is 4.79 Å². The Morgan fingerprint density at radius 2 is 1.76 bits per heavy atom. The Balaban J connectivity index is 1.72. The molecule has 1 aliphatic heterocycles. The van der Waals surface area contributed by atoms with Crippen molar-refractivity contribution in [1.82, 2.24) is 14.1 Å². The van der Waals surface area contributed by atoms with E-state index in [0.29, 0.717) is 49.5 Å². The highest BCUT2D eigenvalue weighted by Gasteiger charge is 2.32. The van der Waals surface area contributed by atoms with Crippen LogP contribution in [0.5, 0.6) is 0 Å². The predicted molar refractivity (Wildman–Crippen MR) is 148 cm³/mol. The SMILES string of the molecule is CCCN(CC(=O)N(Cc1ccc(F)cc1)C1CCN(C(=O)Nc2cccc(Cl)c2)CC1)S(=O)(=O)CCC. The van der Waals surface area contributed by atoms with Gasteiger partial charge in [0, 0.05) is 42.9 Å². The Labute approximate surface area is 229 Å². The van der Waals surface area contributed by atoms with Crippen LogP contribution in [0.3, 0.4) is 0 Å². The van der Waals surface area contributed by atoms with Crippen molar-refractivity contribution in [1.29, 1.82) is 0 Å². The summed E-state index contributed by atoms with van der Waals surface area (Å²) in [5, 5.41) is 3.37. The molecule has 1 aliphatic rings. The first-order chi connectivity index (χ1) is 18.1. The highest BCUT2D eigenvalue weighted by Crippen LogP contribution is 2.22. The molecule has 3 amide bonds. The molecule has 2 aromatic rings. The van der Waals surface area contributed by atoms with E-state index in [0.717, 1.165) is 5.56 Å². The van der Waals surface area contributed by atoms with Crippen LogP contribution in [0.25, 0.3) is 0 Å². The number of piperidine rings is 1. The number of nitrogens with one attached hydrogen (secondary N) is 1. The molecule has 208 valence electrons. The summed E-state index contributed by atoms with van der Waals surface area (Å²) >= 11 is 6.01. The maximum absolute atomic E-state index is 13.6. The lowest BCUT2D eigenvalue weighted by molar-refractivity contribution is -0.135. The minimum atomic E-state index is -3.56. The fraction of sp³-hybridized carbons (Fsp3) is 0.481. The van der Waals surface area contributed by atoms with Crippen LogP contribution in [0.4, 0.5) is 14.9 Å². The average Bonchev–Trinajstić information content (AvgIpc) is 2.88. The van der Waals surface area contributed by atoms with Gasteiger partial charge < -0.3 is 15.1 Å². The van der Waals surface area contributed by atoms with Gasteiger partial charge in [-0.05, 0) is 61.6 Å². The number of halogens is 2. The number of urea groups is 1. The van der Waals surface area contributed by atoms with Crippen LogP contribution >= 0.6 is 11.6 Å². The van der Waals surface area contributed by atoms with Crippen LogP contribution in [-0.2, 0) is 21.4 Å². The van der Waals surface area contributed by atoms with Gasteiger partial charge >= 0.3 is 6.03 Å². The minimum absolute atomic E-state index is 0.0155. The number of anilines is 1. The van der Waals surface area contributed by atoms with Gasteiger partial charge in [0.05, 0.1) is 12.3 Å². The predicted octanol–water partition coefficient (Wildman–Crippen LogP) is 4.96. The van der Waals surface area contributed by atoms with Crippen LogP contribution in [0, 0.1) is 5.82 Å². The second-order valence-corrected chi connectivity index (χ2v) is 12.0. The first-order valence-electron chi connectivity index (χ1n) is 13.0. The molecule has 8 nitrogen and oxygen atoms in total. The zero-order valence-electron chi connectivity index (χ0n) is 21.9. The van der Waals surface area contributed by atoms with Crippen LogP contribution < -0.4 is 5.32 Å². The molecule has 3 rings (SSSR count). The Hall–Kier alpha value is -2.69. The normalized spacial score (nSPS) is 14.5. The molecule has 0 spiro atoms. The second kappa shape index (κ2) is 13.9. The van der Waals surface area contributed by atoms with Crippen LogP contribution in [0.15, 0.2) is 48.5 Å². The lowest BCUT2D eigenvalue weighted by atomic mass is 10.0. The Morgan fingerprint density at radius 1 is 1.08 bits per heavy atom. The van der Waals surface area contributed by atoms with Gasteiger partial charge in [-0.2, -0.15) is 4.31 Å². The largest absolute Gasteiger partial charge is 0.334 e. The summed E-state index contributed by atoms with van der Waals surface area (Å²) < 4.78 is 40.3. The molecule has 0 radical (unpaired) electrons. The number of amides is 3. The average molecular weight is 567 g/mol. The molecule has 0 aliphatic carbocycles. The van der Waals surface area contributed by atoms with Crippen molar-refractivity contribution in [2.75, 3.05) is 37.2 Å². The number of benzene rings is 2. The molecule has 0 bridgehead atoms.